The second kappa shape index (κ2) is 9.27. The van der Waals surface area contributed by atoms with Crippen molar-refractivity contribution in [2.75, 3.05) is 24.4 Å². The molecular weight excluding hydrogens is 348 g/mol. The highest BCUT2D eigenvalue weighted by Gasteiger charge is 2.13. The van der Waals surface area contributed by atoms with Crippen LogP contribution in [0.2, 0.25) is 0 Å². The maximum Gasteiger partial charge on any atom is 0.387 e. The number of hydrogen-bond acceptors (Lipinski definition) is 4. The quantitative estimate of drug-likeness (QED) is 0.737. The van der Waals surface area contributed by atoms with Gasteiger partial charge in [0.05, 0.1) is 7.11 Å². The molecular formula is C18H19F2NO3S. The molecule has 7 heteroatoms. The molecule has 0 fully saturated rings. The first kappa shape index (κ1) is 19.1. The molecule has 2 aromatic carbocycles. The highest BCUT2D eigenvalue weighted by Crippen LogP contribution is 2.34. The van der Waals surface area contributed by atoms with Crippen LogP contribution in [0.3, 0.4) is 0 Å². The van der Waals surface area contributed by atoms with Gasteiger partial charge in [-0.2, -0.15) is 20.5 Å². The average Bonchev–Trinajstić information content (AvgIpc) is 2.61. The Morgan fingerprint density at radius 3 is 2.52 bits per heavy atom. The van der Waals surface area contributed by atoms with Gasteiger partial charge < -0.3 is 14.8 Å². The Bertz CT molecular complexity index is 708. The third-order valence-electron chi connectivity index (χ3n) is 3.41. The minimum absolute atomic E-state index is 0.0438. The summed E-state index contributed by atoms with van der Waals surface area (Å²) in [7, 11) is 1.55. The second-order valence-corrected chi connectivity index (χ2v) is 6.09. The van der Waals surface area contributed by atoms with Gasteiger partial charge in [-0.15, -0.1) is 0 Å². The van der Waals surface area contributed by atoms with E-state index in [-0.39, 0.29) is 11.7 Å². The first-order chi connectivity index (χ1) is 12.0. The lowest BCUT2D eigenvalue weighted by Crippen LogP contribution is -2.12. The highest BCUT2D eigenvalue weighted by molar-refractivity contribution is 7.98. The van der Waals surface area contributed by atoms with E-state index in [9.17, 15) is 13.6 Å². The number of nitrogens with one attached hydrogen (secondary N) is 1. The molecule has 0 radical (unpaired) electrons. The van der Waals surface area contributed by atoms with Gasteiger partial charge in [-0.05, 0) is 42.2 Å². The summed E-state index contributed by atoms with van der Waals surface area (Å²) in [6.45, 7) is -2.93. The van der Waals surface area contributed by atoms with Gasteiger partial charge in [-0.3, -0.25) is 4.79 Å². The van der Waals surface area contributed by atoms with Crippen LogP contribution in [0.25, 0.3) is 11.1 Å². The summed E-state index contributed by atoms with van der Waals surface area (Å²) in [4.78, 5) is 11.9. The predicted molar refractivity (Wildman–Crippen MR) is 96.7 cm³/mol. The Balaban J connectivity index is 2.31. The van der Waals surface area contributed by atoms with Crippen LogP contribution in [-0.2, 0) is 4.79 Å². The van der Waals surface area contributed by atoms with E-state index in [1.54, 1.807) is 55.3 Å². The van der Waals surface area contributed by atoms with E-state index in [1.807, 2.05) is 6.26 Å². The van der Waals surface area contributed by atoms with Crippen molar-refractivity contribution in [2.45, 2.75) is 13.0 Å². The number of carbonyl (C=O) groups is 1. The molecule has 1 amide bonds. The van der Waals surface area contributed by atoms with Crippen LogP contribution in [-0.4, -0.2) is 31.6 Å². The van der Waals surface area contributed by atoms with Crippen molar-refractivity contribution in [3.8, 4) is 22.6 Å². The van der Waals surface area contributed by atoms with Crippen LogP contribution in [0, 0.1) is 0 Å². The number of hydrogen-bond donors (Lipinski definition) is 1. The third-order valence-corrected chi connectivity index (χ3v) is 4.03. The van der Waals surface area contributed by atoms with E-state index < -0.39 is 6.61 Å². The average molecular weight is 367 g/mol. The van der Waals surface area contributed by atoms with Crippen LogP contribution in [0.4, 0.5) is 14.5 Å². The Morgan fingerprint density at radius 1 is 1.20 bits per heavy atom. The molecule has 0 bridgehead atoms. The first-order valence-corrected chi connectivity index (χ1v) is 8.95. The Labute approximate surface area is 149 Å². The van der Waals surface area contributed by atoms with E-state index in [0.29, 0.717) is 34.7 Å². The molecule has 1 N–H and O–H groups in total. The van der Waals surface area contributed by atoms with Crippen LogP contribution < -0.4 is 14.8 Å². The Kier molecular flexibility index (Phi) is 7.06. The maximum absolute atomic E-state index is 12.7. The summed E-state index contributed by atoms with van der Waals surface area (Å²) >= 11 is 1.58. The molecule has 0 heterocycles. The number of benzene rings is 2. The fourth-order valence-electron chi connectivity index (χ4n) is 2.22. The zero-order valence-electron chi connectivity index (χ0n) is 13.9. The Morgan fingerprint density at radius 2 is 1.92 bits per heavy atom. The molecule has 4 nitrogen and oxygen atoms in total. The molecule has 25 heavy (non-hydrogen) atoms. The van der Waals surface area contributed by atoms with E-state index in [0.717, 1.165) is 0 Å². The summed E-state index contributed by atoms with van der Waals surface area (Å²) in [6.07, 6.45) is 2.31. The number of rotatable bonds is 8. The number of alkyl halides is 2. The number of carbonyl (C=O) groups excluding carboxylic acids is 1. The summed E-state index contributed by atoms with van der Waals surface area (Å²) in [5.74, 6) is 1.28. The van der Waals surface area contributed by atoms with Gasteiger partial charge in [0.1, 0.15) is 11.5 Å². The molecule has 0 aromatic heterocycles. The zero-order valence-corrected chi connectivity index (χ0v) is 14.7. The van der Waals surface area contributed by atoms with Gasteiger partial charge >= 0.3 is 6.61 Å². The number of amides is 1. The number of anilines is 1. The Hall–Kier alpha value is -2.28. The number of ether oxygens (including phenoxy) is 2. The lowest BCUT2D eigenvalue weighted by atomic mass is 10.0. The summed E-state index contributed by atoms with van der Waals surface area (Å²) in [5.41, 5.74) is 1.67. The summed E-state index contributed by atoms with van der Waals surface area (Å²) < 4.78 is 35.0. The van der Waals surface area contributed by atoms with Crippen molar-refractivity contribution >= 4 is 23.4 Å². The van der Waals surface area contributed by atoms with Gasteiger partial charge in [0.15, 0.2) is 0 Å². The SMILES string of the molecule is COc1ccc(-c2cc(NC(=O)CCSC)ccc2OC(F)F)cc1. The molecule has 2 aromatic rings. The smallest absolute Gasteiger partial charge is 0.387 e. The van der Waals surface area contributed by atoms with Gasteiger partial charge in [-0.25, -0.2) is 0 Å². The van der Waals surface area contributed by atoms with Crippen molar-refractivity contribution in [3.05, 3.63) is 42.5 Å². The molecule has 0 atom stereocenters. The standard InChI is InChI=1S/C18H19F2NO3S/c1-23-14-6-3-12(4-7-14)15-11-13(21-17(22)9-10-25-2)5-8-16(15)24-18(19)20/h3-8,11,18H,9-10H2,1-2H3,(H,21,22). The molecule has 0 aliphatic carbocycles. The molecule has 0 spiro atoms. The summed E-state index contributed by atoms with van der Waals surface area (Å²) in [5, 5.41) is 2.77. The topological polar surface area (TPSA) is 47.6 Å². The molecule has 0 unspecified atom stereocenters. The third kappa shape index (κ3) is 5.63. The normalized spacial score (nSPS) is 10.6. The molecule has 0 aliphatic rings. The first-order valence-electron chi connectivity index (χ1n) is 7.55. The van der Waals surface area contributed by atoms with Crippen molar-refractivity contribution in [2.24, 2.45) is 0 Å². The van der Waals surface area contributed by atoms with Crippen molar-refractivity contribution in [1.29, 1.82) is 0 Å². The van der Waals surface area contributed by atoms with E-state index in [1.165, 1.54) is 6.07 Å². The van der Waals surface area contributed by atoms with Crippen molar-refractivity contribution in [1.82, 2.24) is 0 Å². The highest BCUT2D eigenvalue weighted by atomic mass is 32.2. The number of halogens is 2. The summed E-state index contributed by atoms with van der Waals surface area (Å²) in [6, 6.07) is 11.5. The monoisotopic (exact) mass is 367 g/mol. The maximum atomic E-state index is 12.7. The fourth-order valence-corrected chi connectivity index (χ4v) is 2.61. The molecule has 0 saturated heterocycles. The van der Waals surface area contributed by atoms with E-state index in [2.05, 4.69) is 10.1 Å². The van der Waals surface area contributed by atoms with Gasteiger partial charge in [0.25, 0.3) is 0 Å². The van der Waals surface area contributed by atoms with Crippen LogP contribution in [0.1, 0.15) is 6.42 Å². The minimum atomic E-state index is -2.93. The van der Waals surface area contributed by atoms with Gasteiger partial charge in [0, 0.05) is 23.4 Å². The van der Waals surface area contributed by atoms with E-state index >= 15 is 0 Å². The molecule has 2 rings (SSSR count). The van der Waals surface area contributed by atoms with Gasteiger partial charge in [-0.1, -0.05) is 12.1 Å². The number of thioether (sulfide) groups is 1. The largest absolute Gasteiger partial charge is 0.497 e. The number of methoxy groups -OCH3 is 1. The minimum Gasteiger partial charge on any atom is -0.497 e. The van der Waals surface area contributed by atoms with Crippen molar-refractivity contribution < 1.29 is 23.0 Å². The second-order valence-electron chi connectivity index (χ2n) is 5.11. The molecule has 134 valence electrons. The zero-order chi connectivity index (χ0) is 18.2. The van der Waals surface area contributed by atoms with E-state index in [4.69, 9.17) is 4.74 Å². The molecule has 0 saturated carbocycles. The lowest BCUT2D eigenvalue weighted by Gasteiger charge is -2.14. The van der Waals surface area contributed by atoms with Crippen LogP contribution in [0.15, 0.2) is 42.5 Å². The molecule has 0 aliphatic heterocycles. The van der Waals surface area contributed by atoms with Gasteiger partial charge in [0.2, 0.25) is 5.91 Å². The predicted octanol–water partition coefficient (Wildman–Crippen LogP) is 4.66. The fraction of sp³-hybridized carbons (Fsp3) is 0.278. The van der Waals surface area contributed by atoms with Crippen LogP contribution >= 0.6 is 11.8 Å². The van der Waals surface area contributed by atoms with Crippen LogP contribution in [0.5, 0.6) is 11.5 Å². The van der Waals surface area contributed by atoms with Crippen molar-refractivity contribution in [3.63, 3.8) is 0 Å². The lowest BCUT2D eigenvalue weighted by molar-refractivity contribution is -0.115.